The highest BCUT2D eigenvalue weighted by Gasteiger charge is 2.15. The molecule has 1 aliphatic rings. The molecule has 0 atom stereocenters. The van der Waals surface area contributed by atoms with Crippen LogP contribution in [-0.4, -0.2) is 23.5 Å². The topological polar surface area (TPSA) is 67.2 Å². The second kappa shape index (κ2) is 7.16. The summed E-state index contributed by atoms with van der Waals surface area (Å²) in [6.07, 6.45) is 9.02. The second-order valence-corrected chi connectivity index (χ2v) is 5.06. The minimum atomic E-state index is 0.113. The Bertz CT molecular complexity index is 397. The molecule has 0 unspecified atom stereocenters. The maximum Gasteiger partial charge on any atom is 0.294 e. The van der Waals surface area contributed by atoms with Gasteiger partial charge in [-0.2, -0.15) is 0 Å². The van der Waals surface area contributed by atoms with E-state index in [1.54, 1.807) is 6.20 Å². The van der Waals surface area contributed by atoms with E-state index in [4.69, 9.17) is 4.42 Å². The van der Waals surface area contributed by atoms with Crippen molar-refractivity contribution in [3.63, 3.8) is 0 Å². The Labute approximate surface area is 114 Å². The molecule has 1 fully saturated rings. The molecule has 106 valence electrons. The number of anilines is 1. The number of nitrogens with one attached hydrogen (secondary N) is 2. The van der Waals surface area contributed by atoms with Gasteiger partial charge in [-0.05, 0) is 12.8 Å². The standard InChI is InChI=1S/C14H23N3O2/c1-2-12-10-16-14(19-12)15-9-8-13(18)17-11-6-4-3-5-7-11/h10-11H,2-9H2,1H3,(H,15,16)(H,17,18). The fourth-order valence-electron chi connectivity index (χ4n) is 2.38. The first kappa shape index (κ1) is 13.9. The fourth-order valence-corrected chi connectivity index (χ4v) is 2.38. The molecule has 1 aromatic heterocycles. The Hall–Kier alpha value is -1.52. The van der Waals surface area contributed by atoms with Crippen molar-refractivity contribution in [3.05, 3.63) is 12.0 Å². The number of aromatic nitrogens is 1. The van der Waals surface area contributed by atoms with Gasteiger partial charge < -0.3 is 15.1 Å². The lowest BCUT2D eigenvalue weighted by Crippen LogP contribution is -2.36. The monoisotopic (exact) mass is 265 g/mol. The number of carbonyl (C=O) groups excluding carboxylic acids is 1. The van der Waals surface area contributed by atoms with Crippen molar-refractivity contribution in [3.8, 4) is 0 Å². The summed E-state index contributed by atoms with van der Waals surface area (Å²) in [4.78, 5) is 15.9. The van der Waals surface area contributed by atoms with Crippen molar-refractivity contribution in [1.82, 2.24) is 10.3 Å². The van der Waals surface area contributed by atoms with Crippen LogP contribution in [0.25, 0.3) is 0 Å². The van der Waals surface area contributed by atoms with Gasteiger partial charge in [0.05, 0.1) is 6.20 Å². The van der Waals surface area contributed by atoms with E-state index in [0.717, 1.165) is 25.0 Å². The second-order valence-electron chi connectivity index (χ2n) is 5.06. The molecule has 5 nitrogen and oxygen atoms in total. The van der Waals surface area contributed by atoms with Gasteiger partial charge in [0.2, 0.25) is 5.91 Å². The van der Waals surface area contributed by atoms with Gasteiger partial charge in [0, 0.05) is 25.4 Å². The molecule has 2 rings (SSSR count). The highest BCUT2D eigenvalue weighted by Crippen LogP contribution is 2.17. The van der Waals surface area contributed by atoms with Crippen LogP contribution in [0.5, 0.6) is 0 Å². The van der Waals surface area contributed by atoms with Crippen LogP contribution < -0.4 is 10.6 Å². The predicted octanol–water partition coefficient (Wildman–Crippen LogP) is 2.49. The molecule has 1 saturated carbocycles. The lowest BCUT2D eigenvalue weighted by Gasteiger charge is -2.22. The number of hydrogen-bond acceptors (Lipinski definition) is 4. The number of nitrogens with zero attached hydrogens (tertiary/aromatic N) is 1. The Morgan fingerprint density at radius 1 is 1.42 bits per heavy atom. The largest absolute Gasteiger partial charge is 0.429 e. The van der Waals surface area contributed by atoms with Crippen molar-refractivity contribution >= 4 is 11.9 Å². The van der Waals surface area contributed by atoms with Crippen LogP contribution in [-0.2, 0) is 11.2 Å². The smallest absolute Gasteiger partial charge is 0.294 e. The van der Waals surface area contributed by atoms with Crippen molar-refractivity contribution < 1.29 is 9.21 Å². The molecule has 1 amide bonds. The third kappa shape index (κ3) is 4.58. The Morgan fingerprint density at radius 2 is 2.21 bits per heavy atom. The number of aryl methyl sites for hydroxylation is 1. The molecule has 1 aromatic rings. The molecule has 0 saturated heterocycles. The zero-order valence-electron chi connectivity index (χ0n) is 11.6. The average molecular weight is 265 g/mol. The fraction of sp³-hybridized carbons (Fsp3) is 0.714. The van der Waals surface area contributed by atoms with Crippen LogP contribution in [0.3, 0.4) is 0 Å². The maximum absolute atomic E-state index is 11.8. The van der Waals surface area contributed by atoms with Crippen LogP contribution in [0.2, 0.25) is 0 Å². The molecule has 0 bridgehead atoms. The third-order valence-electron chi connectivity index (χ3n) is 3.50. The number of oxazole rings is 1. The van der Waals surface area contributed by atoms with Gasteiger partial charge in [0.25, 0.3) is 6.01 Å². The first-order valence-electron chi connectivity index (χ1n) is 7.26. The average Bonchev–Trinajstić information content (AvgIpc) is 2.88. The van der Waals surface area contributed by atoms with E-state index in [9.17, 15) is 4.79 Å². The Morgan fingerprint density at radius 3 is 2.89 bits per heavy atom. The lowest BCUT2D eigenvalue weighted by atomic mass is 9.95. The number of amides is 1. The molecular weight excluding hydrogens is 242 g/mol. The van der Waals surface area contributed by atoms with Crippen molar-refractivity contribution in [1.29, 1.82) is 0 Å². The van der Waals surface area contributed by atoms with Crippen LogP contribution in [0, 0.1) is 0 Å². The normalized spacial score (nSPS) is 16.3. The SMILES string of the molecule is CCc1cnc(NCCC(=O)NC2CCCCC2)o1. The lowest BCUT2D eigenvalue weighted by molar-refractivity contribution is -0.121. The minimum absolute atomic E-state index is 0.113. The van der Waals surface area contributed by atoms with Crippen LogP contribution in [0.15, 0.2) is 10.6 Å². The van der Waals surface area contributed by atoms with Crippen LogP contribution in [0.4, 0.5) is 6.01 Å². The summed E-state index contributed by atoms with van der Waals surface area (Å²) < 4.78 is 5.41. The van der Waals surface area contributed by atoms with Gasteiger partial charge in [-0.25, -0.2) is 4.98 Å². The number of carbonyl (C=O) groups is 1. The van der Waals surface area contributed by atoms with E-state index < -0.39 is 0 Å². The van der Waals surface area contributed by atoms with E-state index in [-0.39, 0.29) is 5.91 Å². The van der Waals surface area contributed by atoms with E-state index >= 15 is 0 Å². The van der Waals surface area contributed by atoms with Gasteiger partial charge in [-0.3, -0.25) is 4.79 Å². The third-order valence-corrected chi connectivity index (χ3v) is 3.50. The Balaban J connectivity index is 1.63. The van der Waals surface area contributed by atoms with Crippen LogP contribution >= 0.6 is 0 Å². The Kier molecular flexibility index (Phi) is 5.24. The van der Waals surface area contributed by atoms with Crippen LogP contribution in [0.1, 0.15) is 51.2 Å². The van der Waals surface area contributed by atoms with Gasteiger partial charge in [0.15, 0.2) is 0 Å². The minimum Gasteiger partial charge on any atom is -0.429 e. The zero-order valence-corrected chi connectivity index (χ0v) is 11.6. The van der Waals surface area contributed by atoms with Crippen molar-refractivity contribution in [2.24, 2.45) is 0 Å². The predicted molar refractivity (Wildman–Crippen MR) is 74.0 cm³/mol. The van der Waals surface area contributed by atoms with E-state index in [1.165, 1.54) is 19.3 Å². The summed E-state index contributed by atoms with van der Waals surface area (Å²) in [5.74, 6) is 0.968. The number of hydrogen-bond donors (Lipinski definition) is 2. The van der Waals surface area contributed by atoms with Crippen molar-refractivity contribution in [2.75, 3.05) is 11.9 Å². The van der Waals surface area contributed by atoms with E-state index in [1.807, 2.05) is 6.92 Å². The molecular formula is C14H23N3O2. The van der Waals surface area contributed by atoms with Gasteiger partial charge >= 0.3 is 0 Å². The molecule has 5 heteroatoms. The summed E-state index contributed by atoms with van der Waals surface area (Å²) in [5.41, 5.74) is 0. The molecule has 1 aliphatic carbocycles. The highest BCUT2D eigenvalue weighted by molar-refractivity contribution is 5.76. The summed E-state index contributed by atoms with van der Waals surface area (Å²) in [6.45, 7) is 2.57. The highest BCUT2D eigenvalue weighted by atomic mass is 16.4. The summed E-state index contributed by atoms with van der Waals surface area (Å²) in [6, 6.07) is 0.886. The molecule has 0 aromatic carbocycles. The summed E-state index contributed by atoms with van der Waals surface area (Å²) >= 11 is 0. The van der Waals surface area contributed by atoms with Gasteiger partial charge in [-0.15, -0.1) is 0 Å². The first-order chi connectivity index (χ1) is 9.28. The molecule has 0 radical (unpaired) electrons. The quantitative estimate of drug-likeness (QED) is 0.829. The van der Waals surface area contributed by atoms with E-state index in [2.05, 4.69) is 15.6 Å². The molecule has 1 heterocycles. The van der Waals surface area contributed by atoms with Crippen molar-refractivity contribution in [2.45, 2.75) is 57.9 Å². The molecule has 0 spiro atoms. The molecule has 2 N–H and O–H groups in total. The zero-order chi connectivity index (χ0) is 13.5. The van der Waals surface area contributed by atoms with Gasteiger partial charge in [-0.1, -0.05) is 26.2 Å². The summed E-state index contributed by atoms with van der Waals surface area (Å²) in [7, 11) is 0. The maximum atomic E-state index is 11.8. The summed E-state index contributed by atoms with van der Waals surface area (Å²) in [5, 5.41) is 6.12. The number of rotatable bonds is 6. The van der Waals surface area contributed by atoms with E-state index in [0.29, 0.717) is 25.0 Å². The molecule has 0 aliphatic heterocycles. The molecule has 19 heavy (non-hydrogen) atoms. The van der Waals surface area contributed by atoms with Gasteiger partial charge in [0.1, 0.15) is 5.76 Å². The first-order valence-corrected chi connectivity index (χ1v) is 7.26.